The molecule has 0 radical (unpaired) electrons. The summed E-state index contributed by atoms with van der Waals surface area (Å²) in [7, 11) is 1.87. The first-order valence-corrected chi connectivity index (χ1v) is 10.5. The van der Waals surface area contributed by atoms with E-state index in [1.165, 1.54) is 7.11 Å². The molecule has 0 fully saturated rings. The van der Waals surface area contributed by atoms with Gasteiger partial charge in [-0.05, 0) is 23.3 Å². The van der Waals surface area contributed by atoms with Crippen LogP contribution in [0.3, 0.4) is 0 Å². The highest BCUT2D eigenvalue weighted by Crippen LogP contribution is 2.10. The minimum atomic E-state index is -3.52. The van der Waals surface area contributed by atoms with Gasteiger partial charge >= 0.3 is 0 Å². The number of rotatable bonds is 9. The average molecular weight is 532 g/mol. The Bertz CT molecular complexity index is 857. The van der Waals surface area contributed by atoms with Gasteiger partial charge in [0.25, 0.3) is 0 Å². The maximum absolute atomic E-state index is 12.2. The number of ether oxygens (including phenoxy) is 1. The molecular weight excluding hydrogens is 503 g/mol. The van der Waals surface area contributed by atoms with E-state index >= 15 is 0 Å². The van der Waals surface area contributed by atoms with Gasteiger partial charge in [-0.15, -0.1) is 24.0 Å². The second-order valence-electron chi connectivity index (χ2n) is 6.41. The minimum Gasteiger partial charge on any atom is -0.383 e. The summed E-state index contributed by atoms with van der Waals surface area (Å²) in [4.78, 5) is 6.77. The van der Waals surface area contributed by atoms with Crippen molar-refractivity contribution in [2.24, 2.45) is 4.99 Å². The summed E-state index contributed by atoms with van der Waals surface area (Å²) in [5.41, 5.74) is 2.10. The first-order chi connectivity index (χ1) is 13.4. The SMILES string of the molecule is COCCNS(=O)(=O)c1ccc(CNC(=NCc2ccccc2)N(C)C)cc1.I. The molecule has 0 atom stereocenters. The summed E-state index contributed by atoms with van der Waals surface area (Å²) in [6, 6.07) is 16.8. The van der Waals surface area contributed by atoms with Crippen LogP contribution in [0.25, 0.3) is 0 Å². The topological polar surface area (TPSA) is 83.0 Å². The normalized spacial score (nSPS) is 11.6. The third-order valence-corrected chi connectivity index (χ3v) is 5.44. The van der Waals surface area contributed by atoms with Crippen molar-refractivity contribution in [3.8, 4) is 0 Å². The second kappa shape index (κ2) is 12.8. The van der Waals surface area contributed by atoms with Crippen molar-refractivity contribution >= 4 is 40.0 Å². The molecule has 7 nitrogen and oxygen atoms in total. The van der Waals surface area contributed by atoms with E-state index in [0.29, 0.717) is 19.7 Å². The van der Waals surface area contributed by atoms with Crippen LogP contribution in [0.1, 0.15) is 11.1 Å². The summed E-state index contributed by atoms with van der Waals surface area (Å²) in [6.45, 7) is 1.71. The Hall–Kier alpha value is -1.69. The molecule has 0 saturated carbocycles. The van der Waals surface area contributed by atoms with E-state index in [2.05, 4.69) is 15.0 Å². The monoisotopic (exact) mass is 532 g/mol. The van der Waals surface area contributed by atoms with Crippen molar-refractivity contribution in [1.29, 1.82) is 0 Å². The molecule has 0 spiro atoms. The van der Waals surface area contributed by atoms with Gasteiger partial charge in [-0.2, -0.15) is 0 Å². The van der Waals surface area contributed by atoms with Gasteiger partial charge in [-0.1, -0.05) is 42.5 Å². The van der Waals surface area contributed by atoms with Crippen LogP contribution in [0.4, 0.5) is 0 Å². The van der Waals surface area contributed by atoms with Gasteiger partial charge < -0.3 is 15.0 Å². The number of nitrogens with zero attached hydrogens (tertiary/aromatic N) is 2. The highest BCUT2D eigenvalue weighted by molar-refractivity contribution is 14.0. The van der Waals surface area contributed by atoms with Gasteiger partial charge in [-0.3, -0.25) is 0 Å². The number of benzene rings is 2. The number of halogens is 1. The van der Waals surface area contributed by atoms with Gasteiger partial charge in [-0.25, -0.2) is 18.1 Å². The second-order valence-corrected chi connectivity index (χ2v) is 8.17. The molecule has 0 saturated heterocycles. The van der Waals surface area contributed by atoms with Crippen molar-refractivity contribution in [3.63, 3.8) is 0 Å². The summed E-state index contributed by atoms with van der Waals surface area (Å²) in [5, 5.41) is 3.30. The Morgan fingerprint density at radius 2 is 1.69 bits per heavy atom. The van der Waals surface area contributed by atoms with Gasteiger partial charge in [0.2, 0.25) is 10.0 Å². The fraction of sp³-hybridized carbons (Fsp3) is 0.350. The molecular formula is C20H29IN4O3S. The quantitative estimate of drug-likeness (QED) is 0.225. The molecule has 2 rings (SSSR count). The highest BCUT2D eigenvalue weighted by atomic mass is 127. The van der Waals surface area contributed by atoms with E-state index in [1.54, 1.807) is 24.3 Å². The number of nitrogens with one attached hydrogen (secondary N) is 2. The Balaban J connectivity index is 0.00000420. The Morgan fingerprint density at radius 1 is 1.03 bits per heavy atom. The van der Waals surface area contributed by atoms with E-state index in [9.17, 15) is 8.42 Å². The molecule has 2 aromatic carbocycles. The lowest BCUT2D eigenvalue weighted by molar-refractivity contribution is 0.204. The van der Waals surface area contributed by atoms with Crippen LogP contribution in [0.5, 0.6) is 0 Å². The zero-order chi connectivity index (χ0) is 20.4. The molecule has 9 heteroatoms. The fourth-order valence-electron chi connectivity index (χ4n) is 2.43. The first-order valence-electron chi connectivity index (χ1n) is 8.99. The number of methoxy groups -OCH3 is 1. The van der Waals surface area contributed by atoms with Gasteiger partial charge in [0, 0.05) is 34.3 Å². The van der Waals surface area contributed by atoms with Crippen molar-refractivity contribution in [2.45, 2.75) is 18.0 Å². The van der Waals surface area contributed by atoms with E-state index in [1.807, 2.05) is 49.3 Å². The molecule has 0 amide bonds. The highest BCUT2D eigenvalue weighted by Gasteiger charge is 2.13. The largest absolute Gasteiger partial charge is 0.383 e. The van der Waals surface area contributed by atoms with E-state index in [-0.39, 0.29) is 35.4 Å². The smallest absolute Gasteiger partial charge is 0.240 e. The van der Waals surface area contributed by atoms with Crippen LogP contribution in [0.2, 0.25) is 0 Å². The standard InChI is InChI=1S/C20H28N4O3S.HI/c1-24(2)20(21-15-17-7-5-4-6-8-17)22-16-18-9-11-19(12-10-18)28(25,26)23-13-14-27-3;/h4-12,23H,13-16H2,1-3H3,(H,21,22);1H. The zero-order valence-electron chi connectivity index (χ0n) is 17.0. The lowest BCUT2D eigenvalue weighted by atomic mass is 10.2. The van der Waals surface area contributed by atoms with Gasteiger partial charge in [0.05, 0.1) is 18.0 Å². The van der Waals surface area contributed by atoms with Gasteiger partial charge in [0.15, 0.2) is 5.96 Å². The van der Waals surface area contributed by atoms with Crippen LogP contribution in [-0.2, 0) is 27.8 Å². The fourth-order valence-corrected chi connectivity index (χ4v) is 3.45. The predicted molar refractivity (Wildman–Crippen MR) is 127 cm³/mol. The number of aliphatic imine (C=N–C) groups is 1. The molecule has 0 heterocycles. The van der Waals surface area contributed by atoms with Crippen molar-refractivity contribution < 1.29 is 13.2 Å². The first kappa shape index (κ1) is 25.3. The van der Waals surface area contributed by atoms with Crippen LogP contribution in [-0.4, -0.2) is 53.6 Å². The number of hydrogen-bond acceptors (Lipinski definition) is 4. The minimum absolute atomic E-state index is 0. The molecule has 29 heavy (non-hydrogen) atoms. The van der Waals surface area contributed by atoms with E-state index in [4.69, 9.17) is 4.74 Å². The average Bonchev–Trinajstić information content (AvgIpc) is 2.69. The third-order valence-electron chi connectivity index (χ3n) is 3.96. The Kier molecular flexibility index (Phi) is 11.2. The molecule has 2 N–H and O–H groups in total. The Morgan fingerprint density at radius 3 is 2.28 bits per heavy atom. The molecule has 0 aliphatic heterocycles. The zero-order valence-corrected chi connectivity index (χ0v) is 20.1. The molecule has 0 aliphatic carbocycles. The summed E-state index contributed by atoms with van der Waals surface area (Å²) in [6.07, 6.45) is 0. The summed E-state index contributed by atoms with van der Waals surface area (Å²) < 4.78 is 31.7. The molecule has 0 aromatic heterocycles. The number of guanidine groups is 1. The van der Waals surface area contributed by atoms with Crippen molar-refractivity contribution in [2.75, 3.05) is 34.4 Å². The van der Waals surface area contributed by atoms with Crippen LogP contribution in [0.15, 0.2) is 64.5 Å². The van der Waals surface area contributed by atoms with Crippen LogP contribution in [0, 0.1) is 0 Å². The van der Waals surface area contributed by atoms with Crippen LogP contribution < -0.4 is 10.0 Å². The van der Waals surface area contributed by atoms with Crippen molar-refractivity contribution in [1.82, 2.24) is 14.9 Å². The number of sulfonamides is 1. The van der Waals surface area contributed by atoms with Crippen molar-refractivity contribution in [3.05, 3.63) is 65.7 Å². The molecule has 0 bridgehead atoms. The molecule has 0 unspecified atom stereocenters. The Labute approximate surface area is 190 Å². The van der Waals surface area contributed by atoms with Gasteiger partial charge in [0.1, 0.15) is 0 Å². The third kappa shape index (κ3) is 8.69. The molecule has 160 valence electrons. The van der Waals surface area contributed by atoms with E-state index < -0.39 is 10.0 Å². The maximum Gasteiger partial charge on any atom is 0.240 e. The lowest BCUT2D eigenvalue weighted by Crippen LogP contribution is -2.36. The lowest BCUT2D eigenvalue weighted by Gasteiger charge is -2.18. The predicted octanol–water partition coefficient (Wildman–Crippen LogP) is 2.44. The van der Waals surface area contributed by atoms with E-state index in [0.717, 1.165) is 17.1 Å². The summed E-state index contributed by atoms with van der Waals surface area (Å²) >= 11 is 0. The number of hydrogen-bond donors (Lipinski definition) is 2. The molecule has 2 aromatic rings. The molecule has 0 aliphatic rings. The van der Waals surface area contributed by atoms with Crippen LogP contribution >= 0.6 is 24.0 Å². The maximum atomic E-state index is 12.2. The summed E-state index contributed by atoms with van der Waals surface area (Å²) in [5.74, 6) is 0.766.